The molecule has 37 heavy (non-hydrogen) atoms. The van der Waals surface area contributed by atoms with Crippen molar-refractivity contribution in [2.75, 3.05) is 9.80 Å². The maximum atomic E-state index is 13.9. The predicted octanol–water partition coefficient (Wildman–Crippen LogP) is 7.02. The topological polar surface area (TPSA) is 45.6 Å². The summed E-state index contributed by atoms with van der Waals surface area (Å²) in [4.78, 5) is 30.9. The number of anilines is 2. The molecule has 0 radical (unpaired) electrons. The second-order valence-corrected chi connectivity index (χ2v) is 9.79. The van der Waals surface area contributed by atoms with E-state index in [0.29, 0.717) is 18.4 Å². The van der Waals surface area contributed by atoms with Crippen LogP contribution in [-0.2, 0) is 4.79 Å². The predicted molar refractivity (Wildman–Crippen MR) is 150 cm³/mol. The molecule has 0 saturated carbocycles. The van der Waals surface area contributed by atoms with Crippen LogP contribution < -0.4 is 9.80 Å². The molecule has 1 aliphatic heterocycles. The Morgan fingerprint density at radius 2 is 1.46 bits per heavy atom. The van der Waals surface area contributed by atoms with Gasteiger partial charge in [0, 0.05) is 46.5 Å². The summed E-state index contributed by atoms with van der Waals surface area (Å²) in [5.74, 6) is 0.0446. The number of benzene rings is 3. The van der Waals surface area contributed by atoms with Gasteiger partial charge in [0.25, 0.3) is 5.91 Å². The van der Waals surface area contributed by atoms with E-state index in [-0.39, 0.29) is 23.9 Å². The fourth-order valence-corrected chi connectivity index (χ4v) is 5.56. The molecular weight excluding hydrogens is 458 g/mol. The summed E-state index contributed by atoms with van der Waals surface area (Å²) in [5.41, 5.74) is 6.75. The lowest BCUT2D eigenvalue weighted by Crippen LogP contribution is -2.47. The zero-order valence-electron chi connectivity index (χ0n) is 21.9. The highest BCUT2D eigenvalue weighted by Crippen LogP contribution is 2.43. The molecule has 0 saturated heterocycles. The van der Waals surface area contributed by atoms with Gasteiger partial charge in [0.05, 0.1) is 6.04 Å². The first-order valence-electron chi connectivity index (χ1n) is 13.0. The van der Waals surface area contributed by atoms with Crippen LogP contribution in [0.3, 0.4) is 0 Å². The van der Waals surface area contributed by atoms with E-state index in [0.717, 1.165) is 34.0 Å². The summed E-state index contributed by atoms with van der Waals surface area (Å²) >= 11 is 0. The smallest absolute Gasteiger partial charge is 0.258 e. The van der Waals surface area contributed by atoms with E-state index in [9.17, 15) is 9.59 Å². The van der Waals surface area contributed by atoms with Gasteiger partial charge in [-0.05, 0) is 87.4 Å². The lowest BCUT2D eigenvalue weighted by atomic mass is 9.89. The molecule has 0 bridgehead atoms. The van der Waals surface area contributed by atoms with E-state index in [1.165, 1.54) is 0 Å². The molecule has 5 nitrogen and oxygen atoms in total. The van der Waals surface area contributed by atoms with Crippen molar-refractivity contribution in [2.24, 2.45) is 0 Å². The molecule has 4 aromatic rings. The van der Waals surface area contributed by atoms with Gasteiger partial charge in [0.15, 0.2) is 0 Å². The first-order valence-corrected chi connectivity index (χ1v) is 13.0. The minimum Gasteiger partial charge on any atom is -0.319 e. The maximum absolute atomic E-state index is 13.9. The third-order valence-corrected chi connectivity index (χ3v) is 7.34. The van der Waals surface area contributed by atoms with Crippen LogP contribution in [0.25, 0.3) is 5.69 Å². The van der Waals surface area contributed by atoms with Crippen molar-refractivity contribution in [1.82, 2.24) is 4.57 Å². The van der Waals surface area contributed by atoms with Crippen LogP contribution in [0.4, 0.5) is 11.4 Å². The first-order chi connectivity index (χ1) is 17.9. The third kappa shape index (κ3) is 4.46. The molecule has 5 heteroatoms. The summed E-state index contributed by atoms with van der Waals surface area (Å²) < 4.78 is 2.18. The van der Waals surface area contributed by atoms with Crippen molar-refractivity contribution in [3.63, 3.8) is 0 Å². The number of nitrogens with zero attached hydrogens (tertiary/aromatic N) is 3. The van der Waals surface area contributed by atoms with E-state index < -0.39 is 0 Å². The zero-order valence-corrected chi connectivity index (χ0v) is 21.9. The maximum Gasteiger partial charge on any atom is 0.258 e. The zero-order chi connectivity index (χ0) is 26.1. The fourth-order valence-electron chi connectivity index (χ4n) is 5.56. The second kappa shape index (κ2) is 10.1. The summed E-state index contributed by atoms with van der Waals surface area (Å²) in [6.45, 7) is 8.13. The molecular formula is C32H33N3O2. The Balaban J connectivity index is 1.51. The van der Waals surface area contributed by atoms with Crippen LogP contribution in [0.5, 0.6) is 0 Å². The Morgan fingerprint density at radius 1 is 0.838 bits per heavy atom. The van der Waals surface area contributed by atoms with Crippen LogP contribution >= 0.6 is 0 Å². The molecule has 2 heterocycles. The molecule has 3 aromatic carbocycles. The Labute approximate surface area is 219 Å². The lowest BCUT2D eigenvalue weighted by molar-refractivity contribution is -0.118. The van der Waals surface area contributed by atoms with Gasteiger partial charge in [0.2, 0.25) is 5.91 Å². The summed E-state index contributed by atoms with van der Waals surface area (Å²) in [5, 5.41) is 0. The largest absolute Gasteiger partial charge is 0.319 e. The molecule has 0 spiro atoms. The molecule has 0 N–H and O–H groups in total. The van der Waals surface area contributed by atoms with E-state index >= 15 is 0 Å². The number of fused-ring (bicyclic) bond motifs is 1. The number of amides is 2. The molecule has 1 aliphatic rings. The monoisotopic (exact) mass is 491 g/mol. The van der Waals surface area contributed by atoms with Gasteiger partial charge in [-0.3, -0.25) is 9.59 Å². The highest BCUT2D eigenvalue weighted by atomic mass is 16.2. The van der Waals surface area contributed by atoms with Gasteiger partial charge in [-0.25, -0.2) is 0 Å². The van der Waals surface area contributed by atoms with Crippen LogP contribution in [0.15, 0.2) is 91.0 Å². The van der Waals surface area contributed by atoms with Crippen molar-refractivity contribution >= 4 is 23.2 Å². The van der Waals surface area contributed by atoms with Crippen molar-refractivity contribution < 1.29 is 9.59 Å². The minimum atomic E-state index is -0.146. The van der Waals surface area contributed by atoms with Gasteiger partial charge < -0.3 is 14.4 Å². The van der Waals surface area contributed by atoms with Crippen molar-refractivity contribution in [1.29, 1.82) is 0 Å². The van der Waals surface area contributed by atoms with Crippen LogP contribution in [-0.4, -0.2) is 22.4 Å². The Morgan fingerprint density at radius 3 is 2.11 bits per heavy atom. The van der Waals surface area contributed by atoms with E-state index in [1.54, 1.807) is 0 Å². The number of hydrogen-bond acceptors (Lipinski definition) is 2. The average Bonchev–Trinajstić information content (AvgIpc) is 3.26. The number of aryl methyl sites for hydroxylation is 2. The highest BCUT2D eigenvalue weighted by molar-refractivity contribution is 6.07. The van der Waals surface area contributed by atoms with Crippen molar-refractivity contribution in [3.05, 3.63) is 114 Å². The molecule has 0 fully saturated rings. The number of carbonyl (C=O) groups excluding carboxylic acids is 2. The minimum absolute atomic E-state index is 0.0287. The number of carbonyl (C=O) groups is 2. The Hall–Kier alpha value is -4.12. The molecule has 2 atom stereocenters. The highest BCUT2D eigenvalue weighted by Gasteiger charge is 2.38. The van der Waals surface area contributed by atoms with Gasteiger partial charge in [-0.15, -0.1) is 0 Å². The number of rotatable bonds is 5. The standard InChI is InChI=1S/C32H33N3O2/c1-5-31(36)35(26-11-7-6-8-12-26)30-21-24(4)34(29-14-10-9-13-28(29)30)32(37)25-17-19-27(20-18-25)33-22(2)15-16-23(33)3/h6-20,24,30H,5,21H2,1-4H3/t24-,30+/m1/s1. The van der Waals surface area contributed by atoms with Crippen molar-refractivity contribution in [3.8, 4) is 5.69 Å². The van der Waals surface area contributed by atoms with E-state index in [2.05, 4.69) is 37.5 Å². The quantitative estimate of drug-likeness (QED) is 0.301. The molecule has 0 aliphatic carbocycles. The summed E-state index contributed by atoms with van der Waals surface area (Å²) in [6, 6.07) is 29.6. The van der Waals surface area contributed by atoms with Crippen LogP contribution in [0.2, 0.25) is 0 Å². The Bertz CT molecular complexity index is 1400. The second-order valence-electron chi connectivity index (χ2n) is 9.79. The first kappa shape index (κ1) is 24.6. The summed E-state index contributed by atoms with van der Waals surface area (Å²) in [7, 11) is 0. The van der Waals surface area contributed by atoms with Gasteiger partial charge in [-0.2, -0.15) is 0 Å². The average molecular weight is 492 g/mol. The van der Waals surface area contributed by atoms with Crippen LogP contribution in [0.1, 0.15) is 60.0 Å². The number of aromatic nitrogens is 1. The summed E-state index contributed by atoms with van der Waals surface area (Å²) in [6.07, 6.45) is 1.07. The number of para-hydroxylation sites is 2. The molecule has 5 rings (SSSR count). The molecule has 0 unspecified atom stereocenters. The fraction of sp³-hybridized carbons (Fsp3) is 0.250. The van der Waals surface area contributed by atoms with Gasteiger partial charge in [0.1, 0.15) is 0 Å². The number of hydrogen-bond donors (Lipinski definition) is 0. The normalized spacial score (nSPS) is 16.8. The molecule has 188 valence electrons. The molecule has 1 aromatic heterocycles. The Kier molecular flexibility index (Phi) is 6.70. The van der Waals surface area contributed by atoms with Crippen molar-refractivity contribution in [2.45, 2.75) is 52.6 Å². The van der Waals surface area contributed by atoms with Gasteiger partial charge >= 0.3 is 0 Å². The lowest BCUT2D eigenvalue weighted by Gasteiger charge is -2.43. The van der Waals surface area contributed by atoms with Gasteiger partial charge in [-0.1, -0.05) is 43.3 Å². The van der Waals surface area contributed by atoms with E-state index in [4.69, 9.17) is 0 Å². The van der Waals surface area contributed by atoms with Crippen LogP contribution in [0, 0.1) is 13.8 Å². The third-order valence-electron chi connectivity index (χ3n) is 7.34. The molecule has 2 amide bonds. The van der Waals surface area contributed by atoms with E-state index in [1.807, 2.05) is 95.6 Å². The SMILES string of the molecule is CCC(=O)N(c1ccccc1)[C@H]1C[C@@H](C)N(C(=O)c2ccc(-n3c(C)ccc3C)cc2)c2ccccc21.